The number of carbonyl (C=O) groups is 1. The van der Waals surface area contributed by atoms with E-state index < -0.39 is 5.97 Å². The lowest BCUT2D eigenvalue weighted by atomic mass is 10.0. The van der Waals surface area contributed by atoms with Gasteiger partial charge in [-0.15, -0.1) is 0 Å². The van der Waals surface area contributed by atoms with Crippen LogP contribution in [0.15, 0.2) is 18.2 Å². The van der Waals surface area contributed by atoms with E-state index in [1.54, 1.807) is 12.1 Å². The summed E-state index contributed by atoms with van der Waals surface area (Å²) in [6.45, 7) is 0. The third-order valence-electron chi connectivity index (χ3n) is 2.51. The van der Waals surface area contributed by atoms with Crippen molar-refractivity contribution in [2.45, 2.75) is 19.3 Å². The quantitative estimate of drug-likeness (QED) is 0.770. The van der Waals surface area contributed by atoms with E-state index in [9.17, 15) is 9.90 Å². The van der Waals surface area contributed by atoms with Crippen LogP contribution < -0.4 is 0 Å². The van der Waals surface area contributed by atoms with Gasteiger partial charge < -0.3 is 10.2 Å². The van der Waals surface area contributed by atoms with Gasteiger partial charge in [-0.2, -0.15) is 0 Å². The predicted molar refractivity (Wildman–Crippen MR) is 51.5 cm³/mol. The second-order valence-electron chi connectivity index (χ2n) is 3.80. The van der Waals surface area contributed by atoms with Crippen LogP contribution in [0, 0.1) is 5.92 Å². The zero-order chi connectivity index (χ0) is 10.1. The maximum absolute atomic E-state index is 10.7. The first kappa shape index (κ1) is 9.06. The Morgan fingerprint density at radius 2 is 2.14 bits per heavy atom. The van der Waals surface area contributed by atoms with Crippen LogP contribution in [0.3, 0.4) is 0 Å². The summed E-state index contributed by atoms with van der Waals surface area (Å²) in [5.74, 6) is -0.501. The van der Waals surface area contributed by atoms with Gasteiger partial charge in [0.1, 0.15) is 11.3 Å². The molecule has 1 aromatic rings. The van der Waals surface area contributed by atoms with E-state index >= 15 is 0 Å². The van der Waals surface area contributed by atoms with Crippen LogP contribution in [0.4, 0.5) is 0 Å². The zero-order valence-electron chi connectivity index (χ0n) is 7.73. The van der Waals surface area contributed by atoms with Crippen LogP contribution in [-0.4, -0.2) is 16.2 Å². The van der Waals surface area contributed by atoms with Crippen molar-refractivity contribution in [3.05, 3.63) is 29.3 Å². The number of hydrogen-bond acceptors (Lipinski definition) is 2. The Morgan fingerprint density at radius 1 is 1.43 bits per heavy atom. The highest BCUT2D eigenvalue weighted by Crippen LogP contribution is 2.33. The topological polar surface area (TPSA) is 57.5 Å². The monoisotopic (exact) mass is 192 g/mol. The first-order valence-corrected chi connectivity index (χ1v) is 4.72. The van der Waals surface area contributed by atoms with Crippen LogP contribution in [0.5, 0.6) is 5.75 Å². The molecule has 1 aromatic carbocycles. The molecule has 1 saturated carbocycles. The molecule has 0 spiro atoms. The molecule has 2 rings (SSSR count). The molecule has 3 heteroatoms. The molecule has 0 atom stereocenters. The standard InChI is InChI=1S/C11H12O3/c12-10-4-3-8(5-7-1-2-7)6-9(10)11(13)14/h3-4,6-7,12H,1-2,5H2,(H,13,14). The van der Waals surface area contributed by atoms with Gasteiger partial charge in [-0.3, -0.25) is 0 Å². The summed E-state index contributed by atoms with van der Waals surface area (Å²) in [5, 5.41) is 18.1. The fourth-order valence-corrected chi connectivity index (χ4v) is 1.54. The summed E-state index contributed by atoms with van der Waals surface area (Å²) in [7, 11) is 0. The van der Waals surface area contributed by atoms with Crippen molar-refractivity contribution in [1.29, 1.82) is 0 Å². The normalized spacial score (nSPS) is 15.4. The lowest BCUT2D eigenvalue weighted by Gasteiger charge is -2.03. The number of benzene rings is 1. The Hall–Kier alpha value is -1.51. The minimum Gasteiger partial charge on any atom is -0.507 e. The average molecular weight is 192 g/mol. The molecule has 1 aliphatic rings. The number of rotatable bonds is 3. The van der Waals surface area contributed by atoms with Gasteiger partial charge in [0, 0.05) is 0 Å². The molecule has 2 N–H and O–H groups in total. The Morgan fingerprint density at radius 3 is 2.71 bits per heavy atom. The van der Waals surface area contributed by atoms with E-state index in [0.29, 0.717) is 0 Å². The molecule has 14 heavy (non-hydrogen) atoms. The van der Waals surface area contributed by atoms with Gasteiger partial charge in [0.25, 0.3) is 0 Å². The first-order valence-electron chi connectivity index (χ1n) is 4.72. The molecule has 0 aromatic heterocycles. The molecule has 0 radical (unpaired) electrons. The van der Waals surface area contributed by atoms with E-state index in [4.69, 9.17) is 5.11 Å². The number of carboxylic acid groups (broad SMARTS) is 1. The first-order chi connectivity index (χ1) is 6.66. The van der Waals surface area contributed by atoms with E-state index in [0.717, 1.165) is 17.9 Å². The maximum atomic E-state index is 10.7. The van der Waals surface area contributed by atoms with Crippen molar-refractivity contribution in [3.8, 4) is 5.75 Å². The second-order valence-corrected chi connectivity index (χ2v) is 3.80. The van der Waals surface area contributed by atoms with Gasteiger partial charge in [0.2, 0.25) is 0 Å². The third-order valence-corrected chi connectivity index (χ3v) is 2.51. The lowest BCUT2D eigenvalue weighted by molar-refractivity contribution is 0.0693. The maximum Gasteiger partial charge on any atom is 0.339 e. The van der Waals surface area contributed by atoms with Gasteiger partial charge in [-0.05, 0) is 42.9 Å². The van der Waals surface area contributed by atoms with Crippen molar-refractivity contribution in [3.63, 3.8) is 0 Å². The SMILES string of the molecule is O=C(O)c1cc(CC2CC2)ccc1O. The molecular formula is C11H12O3. The van der Waals surface area contributed by atoms with Crippen molar-refractivity contribution < 1.29 is 15.0 Å². The molecule has 0 amide bonds. The highest BCUT2D eigenvalue weighted by Gasteiger charge is 2.22. The molecule has 1 fully saturated rings. The summed E-state index contributed by atoms with van der Waals surface area (Å²) >= 11 is 0. The van der Waals surface area contributed by atoms with Crippen molar-refractivity contribution in [1.82, 2.24) is 0 Å². The van der Waals surface area contributed by atoms with Crippen molar-refractivity contribution in [2.24, 2.45) is 5.92 Å². The van der Waals surface area contributed by atoms with Crippen LogP contribution in [-0.2, 0) is 6.42 Å². The Kier molecular flexibility index (Phi) is 2.15. The summed E-state index contributed by atoms with van der Waals surface area (Å²) < 4.78 is 0. The Balaban J connectivity index is 2.24. The van der Waals surface area contributed by atoms with Gasteiger partial charge >= 0.3 is 5.97 Å². The molecule has 0 saturated heterocycles. The third kappa shape index (κ3) is 1.87. The number of aromatic hydroxyl groups is 1. The summed E-state index contributed by atoms with van der Waals surface area (Å²) in [4.78, 5) is 10.7. The molecule has 3 nitrogen and oxygen atoms in total. The smallest absolute Gasteiger partial charge is 0.339 e. The Labute approximate surface area is 82.0 Å². The largest absolute Gasteiger partial charge is 0.507 e. The molecular weight excluding hydrogens is 180 g/mol. The highest BCUT2D eigenvalue weighted by atomic mass is 16.4. The van der Waals surface area contributed by atoms with E-state index in [-0.39, 0.29) is 11.3 Å². The van der Waals surface area contributed by atoms with Gasteiger partial charge in [-0.1, -0.05) is 6.07 Å². The van der Waals surface area contributed by atoms with Crippen LogP contribution >= 0.6 is 0 Å². The van der Waals surface area contributed by atoms with Gasteiger partial charge in [0.15, 0.2) is 0 Å². The second kappa shape index (κ2) is 3.33. The Bertz CT molecular complexity index is 367. The van der Waals surface area contributed by atoms with Crippen molar-refractivity contribution >= 4 is 5.97 Å². The van der Waals surface area contributed by atoms with Gasteiger partial charge in [-0.25, -0.2) is 4.79 Å². The number of hydrogen-bond donors (Lipinski definition) is 2. The van der Waals surface area contributed by atoms with Crippen LogP contribution in [0.2, 0.25) is 0 Å². The summed E-state index contributed by atoms with van der Waals surface area (Å²) in [5.41, 5.74) is 1.01. The number of phenols is 1. The zero-order valence-corrected chi connectivity index (χ0v) is 7.73. The minimum absolute atomic E-state index is 0.00292. The number of aromatic carboxylic acids is 1. The molecule has 0 heterocycles. The van der Waals surface area contributed by atoms with Crippen molar-refractivity contribution in [2.75, 3.05) is 0 Å². The van der Waals surface area contributed by atoms with E-state index in [1.165, 1.54) is 18.9 Å². The van der Waals surface area contributed by atoms with Crippen LogP contribution in [0.1, 0.15) is 28.8 Å². The molecule has 0 aliphatic heterocycles. The summed E-state index contributed by atoms with van der Waals surface area (Å²) in [6.07, 6.45) is 3.41. The number of carboxylic acids is 1. The molecule has 0 unspecified atom stereocenters. The fraction of sp³-hybridized carbons (Fsp3) is 0.364. The minimum atomic E-state index is -1.07. The lowest BCUT2D eigenvalue weighted by Crippen LogP contribution is -1.98. The van der Waals surface area contributed by atoms with E-state index in [2.05, 4.69) is 0 Å². The molecule has 0 bridgehead atoms. The van der Waals surface area contributed by atoms with Gasteiger partial charge in [0.05, 0.1) is 0 Å². The fourth-order valence-electron chi connectivity index (χ4n) is 1.54. The predicted octanol–water partition coefficient (Wildman–Crippen LogP) is 2.04. The molecule has 74 valence electrons. The average Bonchev–Trinajstić information content (AvgIpc) is 2.92. The highest BCUT2D eigenvalue weighted by molar-refractivity contribution is 5.90. The van der Waals surface area contributed by atoms with E-state index in [1.807, 2.05) is 0 Å². The molecule has 1 aliphatic carbocycles. The summed E-state index contributed by atoms with van der Waals surface area (Å²) in [6, 6.07) is 4.82. The van der Waals surface area contributed by atoms with Crippen LogP contribution in [0.25, 0.3) is 0 Å².